The summed E-state index contributed by atoms with van der Waals surface area (Å²) < 4.78 is 1.85. The van der Waals surface area contributed by atoms with E-state index < -0.39 is 0 Å². The monoisotopic (exact) mass is 447 g/mol. The summed E-state index contributed by atoms with van der Waals surface area (Å²) in [6, 6.07) is 3.91. The topological polar surface area (TPSA) is 88.8 Å². The predicted molar refractivity (Wildman–Crippen MR) is 125 cm³/mol. The Morgan fingerprint density at radius 3 is 2.75 bits per heavy atom. The lowest BCUT2D eigenvalue weighted by Crippen LogP contribution is -2.40. The third-order valence-corrected chi connectivity index (χ3v) is 7.27. The number of piperidine rings is 1. The van der Waals surface area contributed by atoms with Crippen molar-refractivity contribution >= 4 is 33.3 Å². The maximum Gasteiger partial charge on any atom is 0.223 e. The van der Waals surface area contributed by atoms with Crippen LogP contribution in [0.2, 0.25) is 0 Å². The highest BCUT2D eigenvalue weighted by atomic mass is 32.1. The van der Waals surface area contributed by atoms with E-state index in [1.165, 1.54) is 10.4 Å². The number of imidazole rings is 1. The number of pyridine rings is 1. The van der Waals surface area contributed by atoms with Crippen LogP contribution in [0, 0.1) is 19.8 Å². The lowest BCUT2D eigenvalue weighted by molar-refractivity contribution is -0.125. The number of amides is 1. The van der Waals surface area contributed by atoms with E-state index in [-0.39, 0.29) is 11.8 Å². The average molecular weight is 448 g/mol. The molecule has 9 heteroatoms. The Hall–Kier alpha value is -3.33. The Bertz CT molecular complexity index is 1230. The van der Waals surface area contributed by atoms with Gasteiger partial charge < -0.3 is 10.2 Å². The highest BCUT2D eigenvalue weighted by Crippen LogP contribution is 2.35. The zero-order chi connectivity index (χ0) is 22.1. The standard InChI is InChI=1S/C23H25N7OS/c1-15-16(2)32-23-20(15)21(27-13-28-23)29-8-5-18(6-9-29)22(31)26-12-17-3-4-19(25-11-17)30-10-7-24-14-30/h3-4,7,10-11,13-14,18H,5-6,8-9,12H2,1-2H3,(H,26,31). The molecule has 4 aromatic heterocycles. The normalized spacial score (nSPS) is 14.8. The number of rotatable bonds is 5. The summed E-state index contributed by atoms with van der Waals surface area (Å²) in [5.41, 5.74) is 2.24. The molecule has 1 N–H and O–H groups in total. The van der Waals surface area contributed by atoms with Gasteiger partial charge >= 0.3 is 0 Å². The first kappa shape index (κ1) is 20.6. The second kappa shape index (κ2) is 8.66. The van der Waals surface area contributed by atoms with Crippen LogP contribution >= 0.6 is 11.3 Å². The van der Waals surface area contributed by atoms with Gasteiger partial charge in [0.2, 0.25) is 5.91 Å². The van der Waals surface area contributed by atoms with Crippen molar-refractivity contribution in [2.45, 2.75) is 33.2 Å². The van der Waals surface area contributed by atoms with Gasteiger partial charge in [-0.05, 0) is 43.9 Å². The molecule has 0 aromatic carbocycles. The summed E-state index contributed by atoms with van der Waals surface area (Å²) in [7, 11) is 0. The van der Waals surface area contributed by atoms with Gasteiger partial charge in [0, 0.05) is 49.0 Å². The molecule has 1 saturated heterocycles. The van der Waals surface area contributed by atoms with Crippen LogP contribution in [0.15, 0.2) is 43.4 Å². The first-order valence-corrected chi connectivity index (χ1v) is 11.6. The molecule has 8 nitrogen and oxygen atoms in total. The average Bonchev–Trinajstić information content (AvgIpc) is 3.46. The number of carbonyl (C=O) groups is 1. The maximum absolute atomic E-state index is 12.8. The molecule has 5 rings (SSSR count). The molecule has 164 valence electrons. The van der Waals surface area contributed by atoms with Crippen molar-refractivity contribution < 1.29 is 4.79 Å². The Morgan fingerprint density at radius 1 is 1.19 bits per heavy atom. The van der Waals surface area contributed by atoms with Crippen molar-refractivity contribution in [1.29, 1.82) is 0 Å². The van der Waals surface area contributed by atoms with E-state index in [1.54, 1.807) is 36.4 Å². The molecular weight excluding hydrogens is 422 g/mol. The van der Waals surface area contributed by atoms with Crippen molar-refractivity contribution in [3.8, 4) is 5.82 Å². The van der Waals surface area contributed by atoms with Crippen LogP contribution in [-0.4, -0.2) is 43.5 Å². The number of aryl methyl sites for hydroxylation is 2. The Morgan fingerprint density at radius 2 is 2.03 bits per heavy atom. The van der Waals surface area contributed by atoms with Crippen LogP contribution in [0.4, 0.5) is 5.82 Å². The molecule has 0 aliphatic carbocycles. The number of fused-ring (bicyclic) bond motifs is 1. The maximum atomic E-state index is 12.8. The predicted octanol–water partition coefficient (Wildman–Crippen LogP) is 3.42. The lowest BCUT2D eigenvalue weighted by atomic mass is 9.95. The zero-order valence-corrected chi connectivity index (χ0v) is 19.0. The fourth-order valence-electron chi connectivity index (χ4n) is 4.16. The van der Waals surface area contributed by atoms with E-state index >= 15 is 0 Å². The molecule has 0 radical (unpaired) electrons. The van der Waals surface area contributed by atoms with E-state index in [9.17, 15) is 4.79 Å². The van der Waals surface area contributed by atoms with Gasteiger partial charge in [0.05, 0.1) is 5.39 Å². The molecular formula is C23H25N7OS. The van der Waals surface area contributed by atoms with Crippen molar-refractivity contribution in [1.82, 2.24) is 29.8 Å². The number of nitrogens with one attached hydrogen (secondary N) is 1. The second-order valence-electron chi connectivity index (χ2n) is 8.13. The Kier molecular flexibility index (Phi) is 5.57. The van der Waals surface area contributed by atoms with Crippen molar-refractivity contribution in [3.05, 3.63) is 59.4 Å². The first-order valence-electron chi connectivity index (χ1n) is 10.8. The van der Waals surface area contributed by atoms with Crippen LogP contribution < -0.4 is 10.2 Å². The van der Waals surface area contributed by atoms with E-state index in [0.717, 1.165) is 53.3 Å². The molecule has 0 atom stereocenters. The number of hydrogen-bond donors (Lipinski definition) is 1. The van der Waals surface area contributed by atoms with Gasteiger partial charge in [0.25, 0.3) is 0 Å². The number of hydrogen-bond acceptors (Lipinski definition) is 7. The van der Waals surface area contributed by atoms with Crippen molar-refractivity contribution in [2.24, 2.45) is 5.92 Å². The Balaban J connectivity index is 1.17. The lowest BCUT2D eigenvalue weighted by Gasteiger charge is -2.32. The van der Waals surface area contributed by atoms with Crippen molar-refractivity contribution in [2.75, 3.05) is 18.0 Å². The molecule has 5 heterocycles. The van der Waals surface area contributed by atoms with Crippen molar-refractivity contribution in [3.63, 3.8) is 0 Å². The number of anilines is 1. The summed E-state index contributed by atoms with van der Waals surface area (Å²) in [5.74, 6) is 1.94. The minimum absolute atomic E-state index is 0.0204. The molecule has 0 spiro atoms. The Labute approximate surface area is 190 Å². The van der Waals surface area contributed by atoms with Crippen LogP contribution in [0.3, 0.4) is 0 Å². The summed E-state index contributed by atoms with van der Waals surface area (Å²) in [6.07, 6.45) is 10.4. The van der Waals surface area contributed by atoms with Gasteiger partial charge in [-0.25, -0.2) is 19.9 Å². The highest BCUT2D eigenvalue weighted by molar-refractivity contribution is 7.18. The molecule has 1 amide bonds. The van der Waals surface area contributed by atoms with Crippen LogP contribution in [0.5, 0.6) is 0 Å². The summed E-state index contributed by atoms with van der Waals surface area (Å²) >= 11 is 1.72. The van der Waals surface area contributed by atoms with Gasteiger partial charge in [0.1, 0.15) is 29.1 Å². The smallest absolute Gasteiger partial charge is 0.223 e. The molecule has 0 unspecified atom stereocenters. The molecule has 4 aromatic rings. The fraction of sp³-hybridized carbons (Fsp3) is 0.348. The molecule has 1 aliphatic rings. The number of carbonyl (C=O) groups excluding carboxylic acids is 1. The van der Waals surface area contributed by atoms with Crippen LogP contribution in [0.25, 0.3) is 16.0 Å². The van der Waals surface area contributed by atoms with E-state index in [1.807, 2.05) is 22.9 Å². The van der Waals surface area contributed by atoms with Crippen LogP contribution in [-0.2, 0) is 11.3 Å². The van der Waals surface area contributed by atoms with Gasteiger partial charge in [-0.3, -0.25) is 9.36 Å². The summed E-state index contributed by atoms with van der Waals surface area (Å²) in [6.45, 7) is 6.39. The van der Waals surface area contributed by atoms with E-state index in [2.05, 4.69) is 44.0 Å². The number of aromatic nitrogens is 5. The minimum Gasteiger partial charge on any atom is -0.356 e. The summed E-state index contributed by atoms with van der Waals surface area (Å²) in [5, 5.41) is 4.24. The van der Waals surface area contributed by atoms with Crippen LogP contribution in [0.1, 0.15) is 28.8 Å². The quantitative estimate of drug-likeness (QED) is 0.504. The van der Waals surface area contributed by atoms with Gasteiger partial charge in [-0.1, -0.05) is 6.07 Å². The summed E-state index contributed by atoms with van der Waals surface area (Å²) in [4.78, 5) is 34.9. The fourth-order valence-corrected chi connectivity index (χ4v) is 5.15. The van der Waals surface area contributed by atoms with E-state index in [4.69, 9.17) is 0 Å². The molecule has 0 saturated carbocycles. The molecule has 0 bridgehead atoms. The molecule has 1 fully saturated rings. The zero-order valence-electron chi connectivity index (χ0n) is 18.2. The highest BCUT2D eigenvalue weighted by Gasteiger charge is 2.27. The SMILES string of the molecule is Cc1sc2ncnc(N3CCC(C(=O)NCc4ccc(-n5ccnc5)nc4)CC3)c2c1C. The first-order chi connectivity index (χ1) is 15.6. The minimum atomic E-state index is 0.0204. The van der Waals surface area contributed by atoms with Gasteiger partial charge in [-0.2, -0.15) is 0 Å². The number of nitrogens with zero attached hydrogens (tertiary/aromatic N) is 6. The number of thiophene rings is 1. The molecule has 32 heavy (non-hydrogen) atoms. The second-order valence-corrected chi connectivity index (χ2v) is 9.34. The third-order valence-electron chi connectivity index (χ3n) is 6.16. The van der Waals surface area contributed by atoms with Gasteiger partial charge in [0.15, 0.2) is 0 Å². The third kappa shape index (κ3) is 3.95. The molecule has 1 aliphatic heterocycles. The largest absolute Gasteiger partial charge is 0.356 e. The van der Waals surface area contributed by atoms with E-state index in [0.29, 0.717) is 6.54 Å². The van der Waals surface area contributed by atoms with Gasteiger partial charge in [-0.15, -0.1) is 11.3 Å².